The van der Waals surface area contributed by atoms with Crippen molar-refractivity contribution in [1.82, 2.24) is 0 Å². The summed E-state index contributed by atoms with van der Waals surface area (Å²) in [6, 6.07) is 0. The van der Waals surface area contributed by atoms with Crippen LogP contribution in [0.15, 0.2) is 0 Å². The zero-order valence-corrected chi connectivity index (χ0v) is 11.9. The summed E-state index contributed by atoms with van der Waals surface area (Å²) < 4.78 is 37.2. The first-order chi connectivity index (χ1) is 8.85. The first-order valence-electron chi connectivity index (χ1n) is 5.80. The molecule has 0 N–H and O–H groups in total. The van der Waals surface area contributed by atoms with Crippen LogP contribution in [0.2, 0.25) is 0 Å². The van der Waals surface area contributed by atoms with Gasteiger partial charge in [-0.2, -0.15) is 8.42 Å². The second kappa shape index (κ2) is 6.33. The Bertz CT molecular complexity index is 418. The van der Waals surface area contributed by atoms with Gasteiger partial charge < -0.3 is 9.47 Å². The number of methoxy groups -OCH3 is 2. The van der Waals surface area contributed by atoms with Crippen LogP contribution < -0.4 is 0 Å². The van der Waals surface area contributed by atoms with E-state index in [1.54, 1.807) is 0 Å². The van der Waals surface area contributed by atoms with Gasteiger partial charge in [0.1, 0.15) is 0 Å². The Morgan fingerprint density at radius 3 is 1.63 bits per heavy atom. The molecule has 8 heteroatoms. The minimum absolute atomic E-state index is 0.0936. The van der Waals surface area contributed by atoms with Crippen LogP contribution in [0.4, 0.5) is 0 Å². The minimum Gasteiger partial charge on any atom is -0.469 e. The highest BCUT2D eigenvalue weighted by Gasteiger charge is 2.42. The number of carbonyl (C=O) groups is 2. The standard InChI is InChI=1S/C11H18O7S/c1-16-10(12)7-4-8(11(13)17-2)6-9(5-7)19(14,15)18-3/h7-9H,4-6H2,1-3H3. The Kier molecular flexibility index (Phi) is 5.30. The third-order valence-corrected chi connectivity index (χ3v) is 5.04. The maximum Gasteiger partial charge on any atom is 0.308 e. The molecule has 1 rings (SSSR count). The predicted octanol–water partition coefficient (Wildman–Crippen LogP) is 0.0935. The van der Waals surface area contributed by atoms with Crippen LogP contribution in [-0.4, -0.2) is 46.9 Å². The summed E-state index contributed by atoms with van der Waals surface area (Å²) in [5.74, 6) is -2.33. The molecule has 0 radical (unpaired) electrons. The van der Waals surface area contributed by atoms with Crippen molar-refractivity contribution < 1.29 is 31.7 Å². The van der Waals surface area contributed by atoms with E-state index in [1.165, 1.54) is 14.2 Å². The van der Waals surface area contributed by atoms with Gasteiger partial charge in [0.15, 0.2) is 0 Å². The molecule has 0 saturated heterocycles. The smallest absolute Gasteiger partial charge is 0.308 e. The Morgan fingerprint density at radius 1 is 0.895 bits per heavy atom. The zero-order valence-electron chi connectivity index (χ0n) is 11.1. The van der Waals surface area contributed by atoms with E-state index < -0.39 is 39.1 Å². The molecular weight excluding hydrogens is 276 g/mol. The molecule has 1 fully saturated rings. The highest BCUT2D eigenvalue weighted by atomic mass is 32.2. The van der Waals surface area contributed by atoms with Crippen LogP contribution in [0.5, 0.6) is 0 Å². The summed E-state index contributed by atoms with van der Waals surface area (Å²) in [6.07, 6.45) is 0.418. The van der Waals surface area contributed by atoms with E-state index in [0.29, 0.717) is 0 Å². The van der Waals surface area contributed by atoms with Crippen LogP contribution in [0.3, 0.4) is 0 Å². The molecule has 0 spiro atoms. The molecule has 19 heavy (non-hydrogen) atoms. The highest BCUT2D eigenvalue weighted by Crippen LogP contribution is 2.34. The Hall–Kier alpha value is -1.15. The lowest BCUT2D eigenvalue weighted by Crippen LogP contribution is -2.39. The molecule has 0 aromatic carbocycles. The first kappa shape index (κ1) is 15.9. The van der Waals surface area contributed by atoms with Crippen molar-refractivity contribution in [3.8, 4) is 0 Å². The topological polar surface area (TPSA) is 96.0 Å². The molecule has 0 heterocycles. The molecule has 1 aliphatic rings. The summed E-state index contributed by atoms with van der Waals surface area (Å²) in [5, 5.41) is -0.903. The fraction of sp³-hybridized carbons (Fsp3) is 0.818. The fourth-order valence-corrected chi connectivity index (χ4v) is 3.56. The van der Waals surface area contributed by atoms with Crippen LogP contribution in [-0.2, 0) is 33.4 Å². The number of carbonyl (C=O) groups excluding carboxylic acids is 2. The van der Waals surface area contributed by atoms with Gasteiger partial charge in [0.2, 0.25) is 0 Å². The van der Waals surface area contributed by atoms with Crippen molar-refractivity contribution in [3.63, 3.8) is 0 Å². The van der Waals surface area contributed by atoms with Crippen molar-refractivity contribution in [1.29, 1.82) is 0 Å². The lowest BCUT2D eigenvalue weighted by molar-refractivity contribution is -0.151. The van der Waals surface area contributed by atoms with Gasteiger partial charge in [-0.1, -0.05) is 0 Å². The average Bonchev–Trinajstić information content (AvgIpc) is 2.44. The van der Waals surface area contributed by atoms with Crippen molar-refractivity contribution in [2.24, 2.45) is 11.8 Å². The summed E-state index contributed by atoms with van der Waals surface area (Å²) in [6.45, 7) is 0. The van der Waals surface area contributed by atoms with E-state index in [9.17, 15) is 18.0 Å². The van der Waals surface area contributed by atoms with Crippen molar-refractivity contribution in [3.05, 3.63) is 0 Å². The van der Waals surface area contributed by atoms with Crippen LogP contribution in [0.25, 0.3) is 0 Å². The molecule has 0 aromatic rings. The molecule has 1 saturated carbocycles. The predicted molar refractivity (Wildman–Crippen MR) is 64.6 cm³/mol. The van der Waals surface area contributed by atoms with E-state index in [1.807, 2.05) is 0 Å². The average molecular weight is 294 g/mol. The lowest BCUT2D eigenvalue weighted by atomic mass is 9.81. The summed E-state index contributed by atoms with van der Waals surface area (Å²) in [5.41, 5.74) is 0. The van der Waals surface area contributed by atoms with Gasteiger partial charge >= 0.3 is 11.9 Å². The summed E-state index contributed by atoms with van der Waals surface area (Å²) >= 11 is 0. The Labute approximate surface area is 112 Å². The number of esters is 2. The quantitative estimate of drug-likeness (QED) is 0.535. The normalized spacial score (nSPS) is 27.6. The van der Waals surface area contributed by atoms with Crippen LogP contribution in [0.1, 0.15) is 19.3 Å². The van der Waals surface area contributed by atoms with E-state index >= 15 is 0 Å². The number of hydrogen-bond donors (Lipinski definition) is 0. The fourth-order valence-electron chi connectivity index (χ4n) is 2.36. The third-order valence-electron chi connectivity index (χ3n) is 3.37. The summed E-state index contributed by atoms with van der Waals surface area (Å²) in [7, 11) is -0.274. The van der Waals surface area contributed by atoms with Crippen molar-refractivity contribution >= 4 is 22.1 Å². The van der Waals surface area contributed by atoms with Crippen LogP contribution >= 0.6 is 0 Å². The molecule has 2 atom stereocenters. The maximum absolute atomic E-state index is 11.7. The lowest BCUT2D eigenvalue weighted by Gasteiger charge is -2.31. The Morgan fingerprint density at radius 2 is 1.32 bits per heavy atom. The molecule has 0 amide bonds. The second-order valence-electron chi connectivity index (χ2n) is 4.43. The van der Waals surface area contributed by atoms with E-state index in [2.05, 4.69) is 13.7 Å². The van der Waals surface area contributed by atoms with Gasteiger partial charge in [-0.3, -0.25) is 13.8 Å². The van der Waals surface area contributed by atoms with Crippen molar-refractivity contribution in [2.45, 2.75) is 24.5 Å². The second-order valence-corrected chi connectivity index (χ2v) is 6.41. The van der Waals surface area contributed by atoms with Crippen LogP contribution in [0, 0.1) is 11.8 Å². The van der Waals surface area contributed by atoms with Gasteiger partial charge in [-0.25, -0.2) is 0 Å². The summed E-state index contributed by atoms with van der Waals surface area (Å²) in [4.78, 5) is 23.1. The van der Waals surface area contributed by atoms with Crippen molar-refractivity contribution in [2.75, 3.05) is 21.3 Å². The number of ether oxygens (including phenoxy) is 2. The molecule has 7 nitrogen and oxygen atoms in total. The largest absolute Gasteiger partial charge is 0.469 e. The van der Waals surface area contributed by atoms with Gasteiger partial charge in [-0.05, 0) is 19.3 Å². The molecule has 0 aromatic heterocycles. The SMILES string of the molecule is COC(=O)C1CC(C(=O)OC)CC(S(=O)(=O)OC)C1. The molecular formula is C11H18O7S. The molecule has 2 unspecified atom stereocenters. The number of hydrogen-bond acceptors (Lipinski definition) is 7. The van der Waals surface area contributed by atoms with Gasteiger partial charge in [0.05, 0.1) is 38.4 Å². The molecule has 110 valence electrons. The first-order valence-corrected chi connectivity index (χ1v) is 7.28. The van der Waals surface area contributed by atoms with Gasteiger partial charge in [-0.15, -0.1) is 0 Å². The zero-order chi connectivity index (χ0) is 14.6. The van der Waals surface area contributed by atoms with E-state index in [0.717, 1.165) is 7.11 Å². The van der Waals surface area contributed by atoms with E-state index in [4.69, 9.17) is 0 Å². The van der Waals surface area contributed by atoms with E-state index in [-0.39, 0.29) is 19.3 Å². The monoisotopic (exact) mass is 294 g/mol. The molecule has 1 aliphatic carbocycles. The Balaban J connectivity index is 2.96. The minimum atomic E-state index is -3.79. The third kappa shape index (κ3) is 3.66. The molecule has 0 aliphatic heterocycles. The number of rotatable bonds is 4. The highest BCUT2D eigenvalue weighted by molar-refractivity contribution is 7.87. The van der Waals surface area contributed by atoms with Gasteiger partial charge in [0.25, 0.3) is 10.1 Å². The maximum atomic E-state index is 11.7. The molecule has 0 bridgehead atoms. The van der Waals surface area contributed by atoms with Gasteiger partial charge in [0, 0.05) is 0 Å².